The molecule has 0 spiro atoms. The van der Waals surface area contributed by atoms with Gasteiger partial charge in [-0.1, -0.05) is 12.1 Å². The van der Waals surface area contributed by atoms with Crippen LogP contribution in [0.5, 0.6) is 5.75 Å². The zero-order valence-electron chi connectivity index (χ0n) is 12.0. The van der Waals surface area contributed by atoms with Crippen molar-refractivity contribution in [1.29, 1.82) is 0 Å². The number of nitrogens with zero attached hydrogens (tertiary/aromatic N) is 1. The molecule has 1 saturated carbocycles. The number of amides is 1. The Balaban J connectivity index is 1.68. The van der Waals surface area contributed by atoms with E-state index < -0.39 is 11.4 Å². The molecule has 1 saturated heterocycles. The highest BCUT2D eigenvalue weighted by Gasteiger charge is 2.59. The first-order valence-corrected chi connectivity index (χ1v) is 7.23. The number of carboxylic acid groups (broad SMARTS) is 1. The summed E-state index contributed by atoms with van der Waals surface area (Å²) in [6, 6.07) is 7.86. The van der Waals surface area contributed by atoms with Gasteiger partial charge in [-0.2, -0.15) is 0 Å². The summed E-state index contributed by atoms with van der Waals surface area (Å²) in [5.41, 5.74) is 0.0562. The molecule has 3 rings (SSSR count). The third kappa shape index (κ3) is 2.37. The van der Waals surface area contributed by atoms with Crippen molar-refractivity contribution in [3.05, 3.63) is 29.8 Å². The van der Waals surface area contributed by atoms with Gasteiger partial charge in [0, 0.05) is 19.0 Å². The Morgan fingerprint density at radius 1 is 1.29 bits per heavy atom. The van der Waals surface area contributed by atoms with E-state index in [1.54, 1.807) is 12.0 Å². The standard InChI is InChI=1S/C16H19NO4/c1-21-13-4-2-11(3-5-13)12-6-9-17(10-12)14(18)16(7-8-16)15(19)20/h2-5,12H,6-10H2,1H3,(H,19,20)/t12-/m1/s1. The first kappa shape index (κ1) is 13.9. The highest BCUT2D eigenvalue weighted by molar-refractivity contribution is 6.04. The third-order valence-electron chi connectivity index (χ3n) is 4.63. The van der Waals surface area contributed by atoms with Crippen molar-refractivity contribution >= 4 is 11.9 Å². The summed E-state index contributed by atoms with van der Waals surface area (Å²) in [7, 11) is 1.63. The lowest BCUT2D eigenvalue weighted by molar-refractivity contribution is -0.152. The topological polar surface area (TPSA) is 66.8 Å². The molecule has 5 heteroatoms. The average Bonchev–Trinajstić information content (AvgIpc) is 3.18. The van der Waals surface area contributed by atoms with Crippen molar-refractivity contribution in [1.82, 2.24) is 4.90 Å². The van der Waals surface area contributed by atoms with E-state index in [2.05, 4.69) is 0 Å². The number of likely N-dealkylation sites (tertiary alicyclic amines) is 1. The first-order chi connectivity index (χ1) is 10.1. The molecule has 0 bridgehead atoms. The minimum absolute atomic E-state index is 0.203. The fraction of sp³-hybridized carbons (Fsp3) is 0.500. The van der Waals surface area contributed by atoms with Crippen LogP contribution in [0, 0.1) is 5.41 Å². The van der Waals surface area contributed by atoms with Gasteiger partial charge in [-0.05, 0) is 37.0 Å². The number of benzene rings is 1. The fourth-order valence-corrected chi connectivity index (χ4v) is 3.04. The predicted molar refractivity (Wildman–Crippen MR) is 76.2 cm³/mol. The minimum Gasteiger partial charge on any atom is -0.497 e. The Labute approximate surface area is 123 Å². The van der Waals surface area contributed by atoms with Crippen LogP contribution in [-0.4, -0.2) is 42.1 Å². The van der Waals surface area contributed by atoms with E-state index in [0.29, 0.717) is 25.9 Å². The molecule has 1 atom stereocenters. The van der Waals surface area contributed by atoms with Crippen molar-refractivity contribution in [2.45, 2.75) is 25.2 Å². The molecule has 112 valence electrons. The molecule has 1 N–H and O–H groups in total. The van der Waals surface area contributed by atoms with E-state index in [-0.39, 0.29) is 11.8 Å². The zero-order chi connectivity index (χ0) is 15.0. The molecular weight excluding hydrogens is 270 g/mol. The lowest BCUT2D eigenvalue weighted by Crippen LogP contribution is -2.39. The van der Waals surface area contributed by atoms with E-state index in [4.69, 9.17) is 4.74 Å². The summed E-state index contributed by atoms with van der Waals surface area (Å²) < 4.78 is 5.14. The Kier molecular flexibility index (Phi) is 3.35. The molecule has 0 radical (unpaired) electrons. The predicted octanol–water partition coefficient (Wildman–Crippen LogP) is 1.88. The Morgan fingerprint density at radius 3 is 2.48 bits per heavy atom. The van der Waals surface area contributed by atoms with Gasteiger partial charge in [0.15, 0.2) is 0 Å². The summed E-state index contributed by atoms with van der Waals surface area (Å²) in [5, 5.41) is 9.21. The van der Waals surface area contributed by atoms with E-state index in [0.717, 1.165) is 12.2 Å². The first-order valence-electron chi connectivity index (χ1n) is 7.23. The maximum absolute atomic E-state index is 12.4. The summed E-state index contributed by atoms with van der Waals surface area (Å²) in [6.07, 6.45) is 1.84. The number of carbonyl (C=O) groups excluding carboxylic acids is 1. The second-order valence-electron chi connectivity index (χ2n) is 5.90. The molecule has 2 aliphatic rings. The summed E-state index contributed by atoms with van der Waals surface area (Å²) in [4.78, 5) is 25.3. The molecule has 1 heterocycles. The van der Waals surface area contributed by atoms with Crippen molar-refractivity contribution in [3.8, 4) is 5.75 Å². The van der Waals surface area contributed by atoms with E-state index in [9.17, 15) is 14.7 Å². The van der Waals surface area contributed by atoms with Crippen LogP contribution in [0.3, 0.4) is 0 Å². The average molecular weight is 289 g/mol. The molecule has 1 aliphatic heterocycles. The van der Waals surface area contributed by atoms with Gasteiger partial charge < -0.3 is 14.7 Å². The second kappa shape index (κ2) is 5.06. The van der Waals surface area contributed by atoms with Crippen LogP contribution < -0.4 is 4.74 Å². The normalized spacial score (nSPS) is 22.9. The van der Waals surface area contributed by atoms with Crippen molar-refractivity contribution < 1.29 is 19.4 Å². The number of carboxylic acids is 1. The van der Waals surface area contributed by atoms with Crippen LogP contribution >= 0.6 is 0 Å². The van der Waals surface area contributed by atoms with Gasteiger partial charge in [-0.3, -0.25) is 9.59 Å². The summed E-state index contributed by atoms with van der Waals surface area (Å²) in [6.45, 7) is 1.25. The second-order valence-corrected chi connectivity index (χ2v) is 5.90. The van der Waals surface area contributed by atoms with Crippen molar-refractivity contribution in [2.24, 2.45) is 5.41 Å². The molecule has 1 aromatic rings. The maximum Gasteiger partial charge on any atom is 0.319 e. The Bertz CT molecular complexity index is 562. The Hall–Kier alpha value is -2.04. The van der Waals surface area contributed by atoms with Crippen LogP contribution in [0.25, 0.3) is 0 Å². The van der Waals surface area contributed by atoms with Crippen LogP contribution in [-0.2, 0) is 9.59 Å². The van der Waals surface area contributed by atoms with Gasteiger partial charge in [0.25, 0.3) is 0 Å². The maximum atomic E-state index is 12.4. The number of hydrogen-bond acceptors (Lipinski definition) is 3. The zero-order valence-corrected chi connectivity index (χ0v) is 12.0. The van der Waals surface area contributed by atoms with E-state index in [1.807, 2.05) is 24.3 Å². The number of rotatable bonds is 4. The van der Waals surface area contributed by atoms with Crippen LogP contribution in [0.2, 0.25) is 0 Å². The lowest BCUT2D eigenvalue weighted by Gasteiger charge is -2.20. The molecule has 2 fully saturated rings. The van der Waals surface area contributed by atoms with Crippen LogP contribution in [0.1, 0.15) is 30.7 Å². The van der Waals surface area contributed by atoms with E-state index in [1.165, 1.54) is 5.56 Å². The number of ether oxygens (including phenoxy) is 1. The Morgan fingerprint density at radius 2 is 1.95 bits per heavy atom. The number of hydrogen-bond donors (Lipinski definition) is 1. The number of aliphatic carboxylic acids is 1. The number of methoxy groups -OCH3 is 1. The summed E-state index contributed by atoms with van der Waals surface area (Å²) >= 11 is 0. The minimum atomic E-state index is -1.12. The number of carbonyl (C=O) groups is 2. The van der Waals surface area contributed by atoms with Gasteiger partial charge >= 0.3 is 5.97 Å². The highest BCUT2D eigenvalue weighted by atomic mass is 16.5. The van der Waals surface area contributed by atoms with Crippen molar-refractivity contribution in [2.75, 3.05) is 20.2 Å². The fourth-order valence-electron chi connectivity index (χ4n) is 3.04. The molecule has 21 heavy (non-hydrogen) atoms. The van der Waals surface area contributed by atoms with Gasteiger partial charge in [-0.15, -0.1) is 0 Å². The molecular formula is C16H19NO4. The van der Waals surface area contributed by atoms with Gasteiger partial charge in [-0.25, -0.2) is 0 Å². The summed E-state index contributed by atoms with van der Waals surface area (Å²) in [5.74, 6) is -0.0802. The largest absolute Gasteiger partial charge is 0.497 e. The van der Waals surface area contributed by atoms with E-state index >= 15 is 0 Å². The SMILES string of the molecule is COc1ccc([C@@H]2CCN(C(=O)C3(C(=O)O)CC3)C2)cc1. The quantitative estimate of drug-likeness (QED) is 0.859. The molecule has 0 aromatic heterocycles. The molecule has 5 nitrogen and oxygen atoms in total. The van der Waals surface area contributed by atoms with Crippen molar-refractivity contribution in [3.63, 3.8) is 0 Å². The van der Waals surface area contributed by atoms with Gasteiger partial charge in [0.2, 0.25) is 5.91 Å². The third-order valence-corrected chi connectivity index (χ3v) is 4.63. The smallest absolute Gasteiger partial charge is 0.319 e. The monoisotopic (exact) mass is 289 g/mol. The molecule has 1 amide bonds. The van der Waals surface area contributed by atoms with Gasteiger partial charge in [0.05, 0.1) is 7.11 Å². The lowest BCUT2D eigenvalue weighted by atomic mass is 9.98. The molecule has 1 aliphatic carbocycles. The van der Waals surface area contributed by atoms with Crippen LogP contribution in [0.4, 0.5) is 0 Å². The van der Waals surface area contributed by atoms with Crippen LogP contribution in [0.15, 0.2) is 24.3 Å². The molecule has 1 aromatic carbocycles. The highest BCUT2D eigenvalue weighted by Crippen LogP contribution is 2.48. The molecule has 0 unspecified atom stereocenters. The van der Waals surface area contributed by atoms with Gasteiger partial charge in [0.1, 0.15) is 11.2 Å².